The van der Waals surface area contributed by atoms with Crippen molar-refractivity contribution in [1.82, 2.24) is 5.32 Å². The molecule has 0 spiro atoms. The molecule has 0 saturated heterocycles. The molecule has 1 N–H and O–H groups in total. The van der Waals surface area contributed by atoms with Gasteiger partial charge in [0.1, 0.15) is 0 Å². The molecular weight excluding hydrogens is 205 g/mol. The zero-order chi connectivity index (χ0) is 11.4. The van der Waals surface area contributed by atoms with Crippen molar-refractivity contribution < 1.29 is 9.13 Å². The van der Waals surface area contributed by atoms with Crippen LogP contribution in [0.15, 0.2) is 18.2 Å². The summed E-state index contributed by atoms with van der Waals surface area (Å²) in [7, 11) is 1.85. The van der Waals surface area contributed by atoms with Gasteiger partial charge in [-0.3, -0.25) is 0 Å². The Hall–Kier alpha value is -1.09. The van der Waals surface area contributed by atoms with Crippen molar-refractivity contribution in [2.45, 2.75) is 25.8 Å². The highest BCUT2D eigenvalue weighted by Gasteiger charge is 2.21. The predicted molar refractivity (Wildman–Crippen MR) is 62.0 cm³/mol. The smallest absolute Gasteiger partial charge is 0.165 e. The minimum absolute atomic E-state index is 0.261. The molecule has 1 saturated carbocycles. The Morgan fingerprint density at radius 2 is 2.25 bits per heavy atom. The first kappa shape index (κ1) is 11.4. The molecule has 0 aliphatic heterocycles. The second-order valence-corrected chi connectivity index (χ2v) is 4.34. The van der Waals surface area contributed by atoms with E-state index in [1.54, 1.807) is 6.07 Å². The van der Waals surface area contributed by atoms with E-state index in [2.05, 4.69) is 5.32 Å². The lowest BCUT2D eigenvalue weighted by molar-refractivity contribution is 0.284. The van der Waals surface area contributed by atoms with E-state index in [1.165, 1.54) is 18.9 Å². The molecule has 1 aliphatic rings. The summed E-state index contributed by atoms with van der Waals surface area (Å²) in [5.74, 6) is 0.973. The molecule has 88 valence electrons. The highest BCUT2D eigenvalue weighted by atomic mass is 19.1. The van der Waals surface area contributed by atoms with Gasteiger partial charge in [0.15, 0.2) is 11.6 Å². The summed E-state index contributed by atoms with van der Waals surface area (Å²) in [6, 6.07) is 5.06. The Labute approximate surface area is 95.8 Å². The van der Waals surface area contributed by atoms with Gasteiger partial charge in [-0.1, -0.05) is 25.0 Å². The first-order valence-corrected chi connectivity index (χ1v) is 5.86. The number of ether oxygens (including phenoxy) is 1. The van der Waals surface area contributed by atoms with Crippen LogP contribution in [0.3, 0.4) is 0 Å². The molecule has 2 nitrogen and oxygen atoms in total. The third-order valence-electron chi connectivity index (χ3n) is 2.89. The number of benzene rings is 1. The van der Waals surface area contributed by atoms with E-state index in [1.807, 2.05) is 13.1 Å². The van der Waals surface area contributed by atoms with Crippen LogP contribution >= 0.6 is 0 Å². The minimum Gasteiger partial charge on any atom is -0.490 e. The average molecular weight is 223 g/mol. The lowest BCUT2D eigenvalue weighted by Crippen LogP contribution is -2.09. The van der Waals surface area contributed by atoms with Crippen LogP contribution in [0.5, 0.6) is 5.75 Å². The summed E-state index contributed by atoms with van der Waals surface area (Å²) in [6.07, 6.45) is 3.67. The van der Waals surface area contributed by atoms with E-state index in [0.717, 1.165) is 17.9 Å². The molecule has 0 heterocycles. The van der Waals surface area contributed by atoms with Crippen LogP contribution in [0.2, 0.25) is 0 Å². The van der Waals surface area contributed by atoms with Crippen molar-refractivity contribution in [3.05, 3.63) is 29.6 Å². The van der Waals surface area contributed by atoms with Gasteiger partial charge in [0.05, 0.1) is 6.61 Å². The standard InChI is InChI=1S/C13H18FNO/c1-15-9-11-3-2-4-12(14)13(11)16-8-7-10-5-6-10/h2-4,10,15H,5-9H2,1H3. The predicted octanol–water partition coefficient (Wildman–Crippen LogP) is 2.72. The zero-order valence-electron chi connectivity index (χ0n) is 9.63. The Morgan fingerprint density at radius 3 is 2.94 bits per heavy atom. The summed E-state index contributed by atoms with van der Waals surface area (Å²) < 4.78 is 19.1. The summed E-state index contributed by atoms with van der Waals surface area (Å²) in [5, 5.41) is 3.02. The SMILES string of the molecule is CNCc1cccc(F)c1OCCC1CC1. The lowest BCUT2D eigenvalue weighted by atomic mass is 10.2. The summed E-state index contributed by atoms with van der Waals surface area (Å²) in [4.78, 5) is 0. The number of rotatable bonds is 6. The van der Waals surface area contributed by atoms with Gasteiger partial charge < -0.3 is 10.1 Å². The van der Waals surface area contributed by atoms with Gasteiger partial charge in [-0.2, -0.15) is 0 Å². The molecule has 2 rings (SSSR count). The number of para-hydroxylation sites is 1. The quantitative estimate of drug-likeness (QED) is 0.800. The van der Waals surface area contributed by atoms with E-state index in [-0.39, 0.29) is 5.82 Å². The molecular formula is C13H18FNO. The van der Waals surface area contributed by atoms with Gasteiger partial charge in [-0.15, -0.1) is 0 Å². The summed E-state index contributed by atoms with van der Waals surface area (Å²) in [5.41, 5.74) is 0.887. The molecule has 1 aliphatic carbocycles. The van der Waals surface area contributed by atoms with Crippen molar-refractivity contribution in [2.24, 2.45) is 5.92 Å². The third-order valence-corrected chi connectivity index (χ3v) is 2.89. The fraction of sp³-hybridized carbons (Fsp3) is 0.538. The highest BCUT2D eigenvalue weighted by molar-refractivity contribution is 5.34. The fourth-order valence-electron chi connectivity index (χ4n) is 1.78. The van der Waals surface area contributed by atoms with Crippen LogP contribution in [0.4, 0.5) is 4.39 Å². The number of nitrogens with one attached hydrogen (secondary N) is 1. The van der Waals surface area contributed by atoms with Crippen LogP contribution in [-0.4, -0.2) is 13.7 Å². The van der Waals surface area contributed by atoms with Gasteiger partial charge in [0.25, 0.3) is 0 Å². The second-order valence-electron chi connectivity index (χ2n) is 4.34. The fourth-order valence-corrected chi connectivity index (χ4v) is 1.78. The maximum Gasteiger partial charge on any atom is 0.165 e. The molecule has 16 heavy (non-hydrogen) atoms. The Balaban J connectivity index is 1.97. The van der Waals surface area contributed by atoms with E-state index < -0.39 is 0 Å². The van der Waals surface area contributed by atoms with E-state index >= 15 is 0 Å². The summed E-state index contributed by atoms with van der Waals surface area (Å²) >= 11 is 0. The Bertz CT molecular complexity index is 350. The normalized spacial score (nSPS) is 15.1. The number of hydrogen-bond acceptors (Lipinski definition) is 2. The molecule has 1 aromatic carbocycles. The van der Waals surface area contributed by atoms with Gasteiger partial charge in [-0.05, 0) is 25.5 Å². The van der Waals surface area contributed by atoms with Crippen molar-refractivity contribution >= 4 is 0 Å². The van der Waals surface area contributed by atoms with Crippen LogP contribution in [0.25, 0.3) is 0 Å². The molecule has 0 bridgehead atoms. The first-order valence-electron chi connectivity index (χ1n) is 5.86. The van der Waals surface area contributed by atoms with Crippen molar-refractivity contribution in [3.8, 4) is 5.75 Å². The van der Waals surface area contributed by atoms with Crippen LogP contribution in [-0.2, 0) is 6.54 Å². The van der Waals surface area contributed by atoms with E-state index in [0.29, 0.717) is 18.9 Å². The van der Waals surface area contributed by atoms with Crippen molar-refractivity contribution in [1.29, 1.82) is 0 Å². The molecule has 0 aromatic heterocycles. The molecule has 1 aromatic rings. The lowest BCUT2D eigenvalue weighted by Gasteiger charge is -2.11. The maximum absolute atomic E-state index is 13.6. The molecule has 0 radical (unpaired) electrons. The van der Waals surface area contributed by atoms with Crippen LogP contribution in [0, 0.1) is 11.7 Å². The molecule has 0 amide bonds. The molecule has 0 unspecified atom stereocenters. The summed E-state index contributed by atoms with van der Waals surface area (Å²) in [6.45, 7) is 1.26. The largest absolute Gasteiger partial charge is 0.490 e. The van der Waals surface area contributed by atoms with Crippen molar-refractivity contribution in [3.63, 3.8) is 0 Å². The average Bonchev–Trinajstić information content (AvgIpc) is 3.06. The highest BCUT2D eigenvalue weighted by Crippen LogP contribution is 2.32. The minimum atomic E-state index is -0.261. The van der Waals surface area contributed by atoms with Gasteiger partial charge in [-0.25, -0.2) is 4.39 Å². The van der Waals surface area contributed by atoms with Gasteiger partial charge >= 0.3 is 0 Å². The number of halogens is 1. The monoisotopic (exact) mass is 223 g/mol. The van der Waals surface area contributed by atoms with E-state index in [9.17, 15) is 4.39 Å². The Kier molecular flexibility index (Phi) is 3.78. The van der Waals surface area contributed by atoms with Gasteiger partial charge in [0, 0.05) is 12.1 Å². The first-order chi connectivity index (χ1) is 7.81. The topological polar surface area (TPSA) is 21.3 Å². The van der Waals surface area contributed by atoms with E-state index in [4.69, 9.17) is 4.74 Å². The maximum atomic E-state index is 13.6. The third kappa shape index (κ3) is 2.95. The molecule has 0 atom stereocenters. The van der Waals surface area contributed by atoms with Crippen LogP contribution < -0.4 is 10.1 Å². The second kappa shape index (κ2) is 5.30. The zero-order valence-corrected chi connectivity index (χ0v) is 9.63. The molecule has 1 fully saturated rings. The molecule has 3 heteroatoms. The van der Waals surface area contributed by atoms with Crippen LogP contribution in [0.1, 0.15) is 24.8 Å². The van der Waals surface area contributed by atoms with Crippen molar-refractivity contribution in [2.75, 3.05) is 13.7 Å². The van der Waals surface area contributed by atoms with Gasteiger partial charge in [0.2, 0.25) is 0 Å². The Morgan fingerprint density at radius 1 is 1.44 bits per heavy atom. The number of hydrogen-bond donors (Lipinski definition) is 1.